The number of fused-ring (bicyclic) bond motifs is 1. The smallest absolute Gasteiger partial charge is 0.340 e. The molecule has 5 heterocycles. The van der Waals surface area contributed by atoms with E-state index in [9.17, 15) is 44.1 Å². The SMILES string of the molecule is NC(=O)c1csc([C@@H]2O[C@H](COP(=O)(O)CP(=O)(O)OC[C@H]3O[C@@H](n4cnc5c(N)ncnc54)[C@H](O)[C@@H]3O)[C@@H](O)[C@H]2O)n1. The molecule has 5 rings (SSSR count). The highest BCUT2D eigenvalue weighted by atomic mass is 32.1. The molecule has 0 aliphatic carbocycles. The summed E-state index contributed by atoms with van der Waals surface area (Å²) in [5, 5.41) is 43.0. The summed E-state index contributed by atoms with van der Waals surface area (Å²) in [5.41, 5.74) is 11.2. The second kappa shape index (κ2) is 12.1. The van der Waals surface area contributed by atoms with Crippen LogP contribution in [0.5, 0.6) is 0 Å². The first kappa shape index (κ1) is 31.9. The van der Waals surface area contributed by atoms with Gasteiger partial charge in [-0.2, -0.15) is 0 Å². The van der Waals surface area contributed by atoms with Crippen LogP contribution in [0.25, 0.3) is 11.2 Å². The highest BCUT2D eigenvalue weighted by Crippen LogP contribution is 2.58. The van der Waals surface area contributed by atoms with Crippen molar-refractivity contribution in [2.24, 2.45) is 5.73 Å². The Morgan fingerprint density at radius 1 is 0.977 bits per heavy atom. The molecule has 2 fully saturated rings. The van der Waals surface area contributed by atoms with E-state index in [1.165, 1.54) is 16.3 Å². The lowest BCUT2D eigenvalue weighted by molar-refractivity contribution is -0.0484. The van der Waals surface area contributed by atoms with Gasteiger partial charge in [-0.15, -0.1) is 11.3 Å². The molecule has 23 heteroatoms. The summed E-state index contributed by atoms with van der Waals surface area (Å²) in [6.07, 6.45) is -9.01. The van der Waals surface area contributed by atoms with Crippen LogP contribution >= 0.6 is 26.5 Å². The molecular formula is C20H27N7O13P2S. The molecule has 10 N–H and O–H groups in total. The van der Waals surface area contributed by atoms with Crippen molar-refractivity contribution in [3.05, 3.63) is 28.7 Å². The summed E-state index contributed by atoms with van der Waals surface area (Å²) < 4.78 is 47.4. The van der Waals surface area contributed by atoms with Crippen molar-refractivity contribution in [2.75, 3.05) is 24.9 Å². The molecule has 2 aliphatic rings. The number of nitrogens with zero attached hydrogens (tertiary/aromatic N) is 5. The summed E-state index contributed by atoms with van der Waals surface area (Å²) in [5.74, 6) is -2.14. The molecule has 2 aliphatic heterocycles. The van der Waals surface area contributed by atoms with Crippen molar-refractivity contribution in [3.8, 4) is 0 Å². The van der Waals surface area contributed by atoms with E-state index in [0.29, 0.717) is 0 Å². The van der Waals surface area contributed by atoms with Gasteiger partial charge in [0.15, 0.2) is 23.6 Å². The van der Waals surface area contributed by atoms with Gasteiger partial charge in [-0.05, 0) is 0 Å². The van der Waals surface area contributed by atoms with Gasteiger partial charge < -0.3 is 60.2 Å². The van der Waals surface area contributed by atoms with Crippen LogP contribution in [0.3, 0.4) is 0 Å². The molecule has 0 bridgehead atoms. The topological polar surface area (TPSA) is 318 Å². The third kappa shape index (κ3) is 6.64. The summed E-state index contributed by atoms with van der Waals surface area (Å²) >= 11 is 0.932. The molecule has 10 atom stereocenters. The second-order valence-electron chi connectivity index (χ2n) is 9.65. The Bertz CT molecular complexity index is 1590. The van der Waals surface area contributed by atoms with E-state index in [2.05, 4.69) is 19.9 Å². The highest BCUT2D eigenvalue weighted by Gasteiger charge is 2.48. The molecular weight excluding hydrogens is 640 g/mol. The van der Waals surface area contributed by atoms with Gasteiger partial charge in [0.05, 0.1) is 19.5 Å². The van der Waals surface area contributed by atoms with Crippen molar-refractivity contribution in [1.82, 2.24) is 24.5 Å². The van der Waals surface area contributed by atoms with Crippen LogP contribution in [-0.4, -0.2) is 116 Å². The predicted molar refractivity (Wildman–Crippen MR) is 142 cm³/mol. The maximum Gasteiger partial charge on any atom is 0.340 e. The van der Waals surface area contributed by atoms with E-state index in [1.54, 1.807) is 0 Å². The number of aliphatic hydroxyl groups is 4. The lowest BCUT2D eigenvalue weighted by Crippen LogP contribution is -2.33. The molecule has 0 saturated carbocycles. The second-order valence-corrected chi connectivity index (χ2v) is 14.7. The zero-order valence-corrected chi connectivity index (χ0v) is 24.3. The van der Waals surface area contributed by atoms with Crippen molar-refractivity contribution in [3.63, 3.8) is 0 Å². The molecule has 43 heavy (non-hydrogen) atoms. The fourth-order valence-corrected chi connectivity index (χ4v) is 8.56. The number of anilines is 1. The number of aliphatic hydroxyl groups excluding tert-OH is 4. The fourth-order valence-electron chi connectivity index (χ4n) is 4.46. The van der Waals surface area contributed by atoms with E-state index in [0.717, 1.165) is 17.7 Å². The number of aromatic nitrogens is 5. The van der Waals surface area contributed by atoms with Crippen molar-refractivity contribution in [2.45, 2.75) is 49.0 Å². The van der Waals surface area contributed by atoms with E-state index < -0.39 is 89.2 Å². The largest absolute Gasteiger partial charge is 0.387 e. The van der Waals surface area contributed by atoms with Gasteiger partial charge >= 0.3 is 15.2 Å². The zero-order chi connectivity index (χ0) is 31.3. The molecule has 236 valence electrons. The van der Waals surface area contributed by atoms with Crippen molar-refractivity contribution >= 4 is 49.4 Å². The molecule has 0 spiro atoms. The number of primary amides is 1. The molecule has 0 aromatic carbocycles. The van der Waals surface area contributed by atoms with Crippen LogP contribution in [0.2, 0.25) is 0 Å². The third-order valence-corrected chi connectivity index (χ3v) is 11.5. The molecule has 2 unspecified atom stereocenters. The van der Waals surface area contributed by atoms with Gasteiger partial charge in [-0.3, -0.25) is 18.5 Å². The number of thiazole rings is 1. The first-order valence-electron chi connectivity index (χ1n) is 12.3. The van der Waals surface area contributed by atoms with Crippen LogP contribution in [0, 0.1) is 0 Å². The molecule has 2 saturated heterocycles. The number of imidazole rings is 1. The maximum absolute atomic E-state index is 12.6. The first-order valence-corrected chi connectivity index (χ1v) is 16.7. The Morgan fingerprint density at radius 2 is 1.60 bits per heavy atom. The van der Waals surface area contributed by atoms with Gasteiger partial charge in [0.25, 0.3) is 5.91 Å². The van der Waals surface area contributed by atoms with Gasteiger partial charge in [-0.1, -0.05) is 0 Å². The summed E-state index contributed by atoms with van der Waals surface area (Å²) in [4.78, 5) is 47.5. The summed E-state index contributed by atoms with van der Waals surface area (Å²) in [7, 11) is -9.73. The zero-order valence-electron chi connectivity index (χ0n) is 21.7. The van der Waals surface area contributed by atoms with Gasteiger partial charge in [-0.25, -0.2) is 19.9 Å². The van der Waals surface area contributed by atoms with Gasteiger partial charge in [0.1, 0.15) is 65.3 Å². The lowest BCUT2D eigenvalue weighted by atomic mass is 10.1. The number of carbonyl (C=O) groups is 1. The maximum atomic E-state index is 12.6. The van der Waals surface area contributed by atoms with Crippen LogP contribution in [0.15, 0.2) is 18.0 Å². The minimum atomic E-state index is -4.87. The fraction of sp³-hybridized carbons (Fsp3) is 0.550. The Labute approximate surface area is 244 Å². The van der Waals surface area contributed by atoms with E-state index in [1.807, 2.05) is 0 Å². The van der Waals surface area contributed by atoms with Crippen molar-refractivity contribution < 1.29 is 62.7 Å². The third-order valence-electron chi connectivity index (χ3n) is 6.62. The lowest BCUT2D eigenvalue weighted by Gasteiger charge is -2.21. The number of nitrogen functional groups attached to an aromatic ring is 1. The van der Waals surface area contributed by atoms with E-state index in [4.69, 9.17) is 30.0 Å². The average Bonchev–Trinajstić information content (AvgIpc) is 3.70. The van der Waals surface area contributed by atoms with Crippen molar-refractivity contribution in [1.29, 1.82) is 0 Å². The van der Waals surface area contributed by atoms with Crippen LogP contribution in [0.1, 0.15) is 27.8 Å². The Balaban J connectivity index is 1.15. The first-order chi connectivity index (χ1) is 20.2. The molecule has 3 aromatic heterocycles. The predicted octanol–water partition coefficient (Wildman–Crippen LogP) is -2.19. The van der Waals surface area contributed by atoms with Crippen LogP contribution in [0.4, 0.5) is 5.82 Å². The number of hydrogen-bond donors (Lipinski definition) is 8. The number of amides is 1. The van der Waals surface area contributed by atoms with Crippen LogP contribution < -0.4 is 11.5 Å². The molecule has 0 radical (unpaired) electrons. The molecule has 1 amide bonds. The van der Waals surface area contributed by atoms with Gasteiger partial charge in [0.2, 0.25) is 0 Å². The average molecular weight is 667 g/mol. The normalized spacial score (nSPS) is 32.1. The van der Waals surface area contributed by atoms with Crippen LogP contribution in [-0.2, 0) is 27.7 Å². The number of hydrogen-bond acceptors (Lipinski definition) is 17. The van der Waals surface area contributed by atoms with Gasteiger partial charge in [0, 0.05) is 5.38 Å². The standard InChI is InChI=1S/C20H27N7O13P2S/c21-16-10-18(24-4-23-16)27(5-25-10)20-14(31)12(29)9(40-20)2-38-42(35,36)6-41(33,34)37-1-8-11(28)13(30)15(39-8)19-26-7(3-43-19)17(22)32/h3-5,8-9,11-15,20,28-31H,1-2,6H2,(H2,22,32)(H,33,34)(H,35,36)(H2,21,23,24)/t8-,9-,11-,12-,13-,14-,15-,20-/m1/s1. The number of rotatable bonds is 11. The quantitative estimate of drug-likeness (QED) is 0.101. The highest BCUT2D eigenvalue weighted by molar-refractivity contribution is 7.70. The van der Waals surface area contributed by atoms with E-state index >= 15 is 0 Å². The molecule has 20 nitrogen and oxygen atoms in total. The molecule has 3 aromatic rings. The minimum absolute atomic E-state index is 0.0665. The number of ether oxygens (including phenoxy) is 2. The monoisotopic (exact) mass is 667 g/mol. The summed E-state index contributed by atoms with van der Waals surface area (Å²) in [6.45, 7) is -1.55. The number of carbonyl (C=O) groups excluding carboxylic acids is 1. The Kier molecular flexibility index (Phi) is 9.00. The minimum Gasteiger partial charge on any atom is -0.387 e. The Hall–Kier alpha value is -2.49. The summed E-state index contributed by atoms with van der Waals surface area (Å²) in [6, 6.07) is 0. The number of nitrogens with two attached hydrogens (primary N) is 2. The van der Waals surface area contributed by atoms with E-state index in [-0.39, 0.29) is 27.7 Å². The Morgan fingerprint density at radius 3 is 2.23 bits per heavy atom.